The Labute approximate surface area is 82.9 Å². The number of fused-ring (bicyclic) bond motifs is 1. The standard InChI is InChI=1S/C11H14FNO/c1-7(13)11-9-3-2-4-10(12)8(9)5-6-14-11/h2-4,7,11H,5-6,13H2,1H3/t7-,11+/m0/s1. The van der Waals surface area contributed by atoms with E-state index in [4.69, 9.17) is 10.5 Å². The molecule has 0 radical (unpaired) electrons. The van der Waals surface area contributed by atoms with E-state index in [1.165, 1.54) is 6.07 Å². The van der Waals surface area contributed by atoms with Crippen LogP contribution < -0.4 is 5.73 Å². The molecule has 76 valence electrons. The van der Waals surface area contributed by atoms with Crippen molar-refractivity contribution in [2.45, 2.75) is 25.5 Å². The SMILES string of the molecule is C[C@H](N)[C@H]1OCCc2c(F)cccc21. The van der Waals surface area contributed by atoms with Gasteiger partial charge in [-0.15, -0.1) is 0 Å². The zero-order valence-corrected chi connectivity index (χ0v) is 8.16. The third-order valence-electron chi connectivity index (χ3n) is 2.59. The molecule has 1 aliphatic rings. The predicted octanol–water partition coefficient (Wildman–Crippen LogP) is 1.79. The summed E-state index contributed by atoms with van der Waals surface area (Å²) in [7, 11) is 0. The van der Waals surface area contributed by atoms with Gasteiger partial charge >= 0.3 is 0 Å². The average Bonchev–Trinajstić information content (AvgIpc) is 2.17. The largest absolute Gasteiger partial charge is 0.372 e. The molecule has 0 saturated carbocycles. The van der Waals surface area contributed by atoms with Gasteiger partial charge in [-0.05, 0) is 30.5 Å². The van der Waals surface area contributed by atoms with Crippen LogP contribution in [0.3, 0.4) is 0 Å². The molecule has 0 aromatic heterocycles. The number of rotatable bonds is 1. The van der Waals surface area contributed by atoms with Crippen molar-refractivity contribution in [3.05, 3.63) is 35.1 Å². The van der Waals surface area contributed by atoms with Gasteiger partial charge in [0.1, 0.15) is 5.82 Å². The Morgan fingerprint density at radius 1 is 1.57 bits per heavy atom. The Bertz CT molecular complexity index is 338. The van der Waals surface area contributed by atoms with E-state index in [-0.39, 0.29) is 18.0 Å². The zero-order valence-electron chi connectivity index (χ0n) is 8.16. The van der Waals surface area contributed by atoms with E-state index in [0.717, 1.165) is 11.1 Å². The van der Waals surface area contributed by atoms with Gasteiger partial charge in [-0.25, -0.2) is 4.39 Å². The Balaban J connectivity index is 2.44. The van der Waals surface area contributed by atoms with Crippen molar-refractivity contribution in [2.24, 2.45) is 5.73 Å². The van der Waals surface area contributed by atoms with Crippen molar-refractivity contribution in [1.29, 1.82) is 0 Å². The third-order valence-corrected chi connectivity index (χ3v) is 2.59. The molecule has 0 amide bonds. The van der Waals surface area contributed by atoms with Gasteiger partial charge in [0.05, 0.1) is 12.7 Å². The van der Waals surface area contributed by atoms with E-state index < -0.39 is 0 Å². The van der Waals surface area contributed by atoms with Gasteiger partial charge < -0.3 is 10.5 Å². The van der Waals surface area contributed by atoms with Crippen LogP contribution in [0.5, 0.6) is 0 Å². The highest BCUT2D eigenvalue weighted by atomic mass is 19.1. The fourth-order valence-corrected chi connectivity index (χ4v) is 1.92. The van der Waals surface area contributed by atoms with Gasteiger partial charge in [-0.1, -0.05) is 12.1 Å². The van der Waals surface area contributed by atoms with Gasteiger partial charge in [-0.3, -0.25) is 0 Å². The summed E-state index contributed by atoms with van der Waals surface area (Å²) in [5.74, 6) is -0.142. The lowest BCUT2D eigenvalue weighted by Gasteiger charge is -2.28. The molecule has 3 heteroatoms. The van der Waals surface area contributed by atoms with Crippen LogP contribution in [0.4, 0.5) is 4.39 Å². The second-order valence-corrected chi connectivity index (χ2v) is 3.71. The second-order valence-electron chi connectivity index (χ2n) is 3.71. The number of ether oxygens (including phenoxy) is 1. The molecule has 2 N–H and O–H groups in total. The molecule has 1 aliphatic heterocycles. The van der Waals surface area contributed by atoms with Crippen molar-refractivity contribution in [3.8, 4) is 0 Å². The smallest absolute Gasteiger partial charge is 0.126 e. The third kappa shape index (κ3) is 1.53. The summed E-state index contributed by atoms with van der Waals surface area (Å²) in [4.78, 5) is 0. The lowest BCUT2D eigenvalue weighted by molar-refractivity contribution is 0.0275. The van der Waals surface area contributed by atoms with Gasteiger partial charge in [-0.2, -0.15) is 0 Å². The lowest BCUT2D eigenvalue weighted by atomic mass is 9.94. The van der Waals surface area contributed by atoms with Crippen LogP contribution in [0.25, 0.3) is 0 Å². The minimum atomic E-state index is -0.158. The number of halogens is 1. The molecule has 2 nitrogen and oxygen atoms in total. The fourth-order valence-electron chi connectivity index (χ4n) is 1.92. The fraction of sp³-hybridized carbons (Fsp3) is 0.455. The van der Waals surface area contributed by atoms with Crippen molar-refractivity contribution in [2.75, 3.05) is 6.61 Å². The molecule has 0 bridgehead atoms. The number of hydrogen-bond acceptors (Lipinski definition) is 2. The first-order valence-electron chi connectivity index (χ1n) is 4.84. The molecule has 0 fully saturated rings. The Morgan fingerprint density at radius 3 is 3.07 bits per heavy atom. The van der Waals surface area contributed by atoms with Gasteiger partial charge in [0.15, 0.2) is 0 Å². The van der Waals surface area contributed by atoms with Gasteiger partial charge in [0.25, 0.3) is 0 Å². The number of hydrogen-bond donors (Lipinski definition) is 1. The van der Waals surface area contributed by atoms with E-state index in [0.29, 0.717) is 13.0 Å². The molecule has 1 heterocycles. The van der Waals surface area contributed by atoms with Crippen LogP contribution in [0, 0.1) is 5.82 Å². The molecule has 2 atom stereocenters. The van der Waals surface area contributed by atoms with E-state index >= 15 is 0 Å². The maximum Gasteiger partial charge on any atom is 0.126 e. The molecule has 1 aromatic rings. The van der Waals surface area contributed by atoms with Crippen LogP contribution in [-0.2, 0) is 11.2 Å². The number of benzene rings is 1. The summed E-state index contributed by atoms with van der Waals surface area (Å²) >= 11 is 0. The maximum atomic E-state index is 13.4. The highest BCUT2D eigenvalue weighted by Gasteiger charge is 2.25. The first-order chi connectivity index (χ1) is 6.70. The summed E-state index contributed by atoms with van der Waals surface area (Å²) in [6.45, 7) is 2.44. The van der Waals surface area contributed by atoms with Crippen LogP contribution in [0.1, 0.15) is 24.2 Å². The highest BCUT2D eigenvalue weighted by Crippen LogP contribution is 2.30. The highest BCUT2D eigenvalue weighted by molar-refractivity contribution is 5.33. The predicted molar refractivity (Wildman–Crippen MR) is 52.4 cm³/mol. The Morgan fingerprint density at radius 2 is 2.36 bits per heavy atom. The van der Waals surface area contributed by atoms with E-state index in [9.17, 15) is 4.39 Å². The second kappa shape index (κ2) is 3.67. The molecule has 14 heavy (non-hydrogen) atoms. The van der Waals surface area contributed by atoms with Gasteiger partial charge in [0.2, 0.25) is 0 Å². The molecule has 0 aliphatic carbocycles. The molecular formula is C11H14FNO. The summed E-state index contributed by atoms with van der Waals surface area (Å²) in [6.07, 6.45) is 0.486. The van der Waals surface area contributed by atoms with Crippen LogP contribution in [0.2, 0.25) is 0 Å². The molecule has 0 saturated heterocycles. The van der Waals surface area contributed by atoms with Crippen molar-refractivity contribution in [1.82, 2.24) is 0 Å². The van der Waals surface area contributed by atoms with Crippen molar-refractivity contribution < 1.29 is 9.13 Å². The Hall–Kier alpha value is -0.930. The molecule has 0 unspecified atom stereocenters. The first kappa shape index (κ1) is 9.62. The Kier molecular flexibility index (Phi) is 2.52. The average molecular weight is 195 g/mol. The van der Waals surface area contributed by atoms with Crippen LogP contribution in [-0.4, -0.2) is 12.6 Å². The van der Waals surface area contributed by atoms with E-state index in [1.54, 1.807) is 6.07 Å². The van der Waals surface area contributed by atoms with E-state index in [2.05, 4.69) is 0 Å². The quantitative estimate of drug-likeness (QED) is 0.741. The molecule has 1 aromatic carbocycles. The zero-order chi connectivity index (χ0) is 10.1. The number of nitrogens with two attached hydrogens (primary N) is 1. The normalized spacial score (nSPS) is 22.9. The summed E-state index contributed by atoms with van der Waals surface area (Å²) in [6, 6.07) is 4.99. The monoisotopic (exact) mass is 195 g/mol. The van der Waals surface area contributed by atoms with Crippen LogP contribution in [0.15, 0.2) is 18.2 Å². The van der Waals surface area contributed by atoms with Crippen molar-refractivity contribution >= 4 is 0 Å². The molecule has 2 rings (SSSR count). The topological polar surface area (TPSA) is 35.2 Å². The molecular weight excluding hydrogens is 181 g/mol. The minimum absolute atomic E-state index is 0.101. The summed E-state index contributed by atoms with van der Waals surface area (Å²) in [5.41, 5.74) is 7.46. The summed E-state index contributed by atoms with van der Waals surface area (Å²) < 4.78 is 18.9. The van der Waals surface area contributed by atoms with Crippen LogP contribution >= 0.6 is 0 Å². The maximum absolute atomic E-state index is 13.4. The molecule has 0 spiro atoms. The minimum Gasteiger partial charge on any atom is -0.372 e. The summed E-state index contributed by atoms with van der Waals surface area (Å²) in [5, 5.41) is 0. The lowest BCUT2D eigenvalue weighted by Crippen LogP contribution is -2.31. The first-order valence-corrected chi connectivity index (χ1v) is 4.84. The van der Waals surface area contributed by atoms with E-state index in [1.807, 2.05) is 13.0 Å². The van der Waals surface area contributed by atoms with Gasteiger partial charge in [0, 0.05) is 6.04 Å². The van der Waals surface area contributed by atoms with Crippen molar-refractivity contribution in [3.63, 3.8) is 0 Å².